The van der Waals surface area contributed by atoms with Crippen LogP contribution in [-0.2, 0) is 11.8 Å². The van der Waals surface area contributed by atoms with Gasteiger partial charge in [-0.05, 0) is 31.9 Å². The topological polar surface area (TPSA) is 78.3 Å². The Morgan fingerprint density at radius 1 is 1.28 bits per heavy atom. The van der Waals surface area contributed by atoms with Crippen molar-refractivity contribution in [1.82, 2.24) is 14.8 Å². The Balaban J connectivity index is 1.40. The lowest BCUT2D eigenvalue weighted by Crippen LogP contribution is -2.23. The first-order valence-corrected chi connectivity index (χ1v) is 9.26. The molecule has 1 N–H and O–H groups in total. The van der Waals surface area contributed by atoms with Gasteiger partial charge in [0, 0.05) is 24.7 Å². The largest absolute Gasteiger partial charge is 0.486 e. The number of thioether (sulfide) groups is 1. The molecule has 0 spiro atoms. The quantitative estimate of drug-likeness (QED) is 0.826. The molecule has 7 nitrogen and oxygen atoms in total. The predicted octanol–water partition coefficient (Wildman–Crippen LogP) is 2.58. The molecule has 0 radical (unpaired) electrons. The van der Waals surface area contributed by atoms with Crippen LogP contribution in [0.2, 0.25) is 0 Å². The van der Waals surface area contributed by atoms with Crippen LogP contribution < -0.4 is 14.8 Å². The summed E-state index contributed by atoms with van der Waals surface area (Å²) in [4.78, 5) is 12.5. The minimum atomic E-state index is -0.289. The van der Waals surface area contributed by atoms with Crippen molar-refractivity contribution in [3.8, 4) is 11.5 Å². The van der Waals surface area contributed by atoms with Gasteiger partial charge in [0.2, 0.25) is 5.91 Å². The fourth-order valence-electron chi connectivity index (χ4n) is 2.70. The van der Waals surface area contributed by atoms with Crippen LogP contribution in [0.25, 0.3) is 0 Å². The molecule has 2 heterocycles. The highest BCUT2D eigenvalue weighted by Crippen LogP contribution is 2.40. The average molecular weight is 360 g/mol. The standard InChI is InChI=1S/C17H20N4O3S/c1-10(25-17-20-19-15(21(17)2)11-3-4-11)16(22)18-12-5-6-13-14(9-12)24-8-7-23-13/h5-6,9-11H,3-4,7-8H2,1-2H3,(H,18,22)/t10-/m0/s1. The van der Waals surface area contributed by atoms with Crippen molar-refractivity contribution in [3.05, 3.63) is 24.0 Å². The molecule has 1 aromatic heterocycles. The zero-order valence-corrected chi connectivity index (χ0v) is 15.0. The minimum absolute atomic E-state index is 0.0855. The van der Waals surface area contributed by atoms with Gasteiger partial charge in [-0.3, -0.25) is 4.79 Å². The van der Waals surface area contributed by atoms with Gasteiger partial charge in [-0.2, -0.15) is 0 Å². The fraction of sp³-hybridized carbons (Fsp3) is 0.471. The first-order chi connectivity index (χ1) is 12.1. The molecule has 1 aromatic carbocycles. The Hall–Kier alpha value is -2.22. The molecule has 0 saturated heterocycles. The third kappa shape index (κ3) is 3.44. The summed E-state index contributed by atoms with van der Waals surface area (Å²) in [7, 11) is 1.96. The maximum atomic E-state index is 12.5. The molecule has 1 amide bonds. The van der Waals surface area contributed by atoms with Crippen molar-refractivity contribution >= 4 is 23.4 Å². The molecule has 1 aliphatic carbocycles. The second kappa shape index (κ2) is 6.59. The van der Waals surface area contributed by atoms with E-state index in [9.17, 15) is 4.79 Å². The van der Waals surface area contributed by atoms with E-state index in [2.05, 4.69) is 15.5 Å². The highest BCUT2D eigenvalue weighted by atomic mass is 32.2. The molecule has 1 aliphatic heterocycles. The van der Waals surface area contributed by atoms with Crippen LogP contribution in [0.3, 0.4) is 0 Å². The molecule has 25 heavy (non-hydrogen) atoms. The van der Waals surface area contributed by atoms with E-state index >= 15 is 0 Å². The summed E-state index contributed by atoms with van der Waals surface area (Å²) in [5.74, 6) is 2.83. The molecule has 0 unspecified atom stereocenters. The van der Waals surface area contributed by atoms with E-state index in [1.165, 1.54) is 24.6 Å². The van der Waals surface area contributed by atoms with Crippen molar-refractivity contribution in [2.45, 2.75) is 36.1 Å². The Kier molecular flexibility index (Phi) is 4.29. The highest BCUT2D eigenvalue weighted by molar-refractivity contribution is 8.00. The van der Waals surface area contributed by atoms with Crippen LogP contribution in [-0.4, -0.2) is 39.1 Å². The Morgan fingerprint density at radius 2 is 2.04 bits per heavy atom. The summed E-state index contributed by atoms with van der Waals surface area (Å²) < 4.78 is 13.0. The average Bonchev–Trinajstić information content (AvgIpc) is 3.40. The molecular weight excluding hydrogens is 340 g/mol. The summed E-state index contributed by atoms with van der Waals surface area (Å²) in [5, 5.41) is 11.9. The van der Waals surface area contributed by atoms with Crippen LogP contribution in [0.15, 0.2) is 23.4 Å². The van der Waals surface area contributed by atoms with Gasteiger partial charge < -0.3 is 19.4 Å². The molecule has 0 bridgehead atoms. The molecule has 8 heteroatoms. The Morgan fingerprint density at radius 3 is 2.80 bits per heavy atom. The summed E-state index contributed by atoms with van der Waals surface area (Å²) in [6, 6.07) is 5.42. The minimum Gasteiger partial charge on any atom is -0.486 e. The lowest BCUT2D eigenvalue weighted by Gasteiger charge is -2.19. The predicted molar refractivity (Wildman–Crippen MR) is 94.4 cm³/mol. The molecule has 2 aliphatic rings. The molecular formula is C17H20N4O3S. The summed E-state index contributed by atoms with van der Waals surface area (Å²) in [6.45, 7) is 2.93. The third-order valence-corrected chi connectivity index (χ3v) is 5.41. The number of nitrogens with one attached hydrogen (secondary N) is 1. The lowest BCUT2D eigenvalue weighted by molar-refractivity contribution is -0.115. The van der Waals surface area contributed by atoms with Gasteiger partial charge in [-0.25, -0.2) is 0 Å². The van der Waals surface area contributed by atoms with Crippen molar-refractivity contribution in [2.75, 3.05) is 18.5 Å². The van der Waals surface area contributed by atoms with Gasteiger partial charge in [0.15, 0.2) is 16.7 Å². The van der Waals surface area contributed by atoms with Gasteiger partial charge in [-0.1, -0.05) is 11.8 Å². The van der Waals surface area contributed by atoms with E-state index in [4.69, 9.17) is 9.47 Å². The maximum Gasteiger partial charge on any atom is 0.237 e. The van der Waals surface area contributed by atoms with E-state index in [1.54, 1.807) is 6.07 Å². The summed E-state index contributed by atoms with van der Waals surface area (Å²) in [6.07, 6.45) is 2.35. The van der Waals surface area contributed by atoms with E-state index in [-0.39, 0.29) is 11.2 Å². The van der Waals surface area contributed by atoms with Crippen LogP contribution in [0.1, 0.15) is 31.5 Å². The number of hydrogen-bond donors (Lipinski definition) is 1. The van der Waals surface area contributed by atoms with E-state index < -0.39 is 0 Å². The van der Waals surface area contributed by atoms with Gasteiger partial charge in [0.25, 0.3) is 0 Å². The molecule has 132 valence electrons. The lowest BCUT2D eigenvalue weighted by atomic mass is 10.2. The van der Waals surface area contributed by atoms with Gasteiger partial charge in [0.1, 0.15) is 19.0 Å². The molecule has 1 fully saturated rings. The maximum absolute atomic E-state index is 12.5. The highest BCUT2D eigenvalue weighted by Gasteiger charge is 2.30. The fourth-order valence-corrected chi connectivity index (χ4v) is 3.52. The molecule has 1 atom stereocenters. The van der Waals surface area contributed by atoms with Crippen LogP contribution >= 0.6 is 11.8 Å². The number of amides is 1. The Labute approximate surface area is 150 Å². The van der Waals surface area contributed by atoms with Crippen LogP contribution in [0.5, 0.6) is 11.5 Å². The summed E-state index contributed by atoms with van der Waals surface area (Å²) >= 11 is 1.41. The summed E-state index contributed by atoms with van der Waals surface area (Å²) in [5.41, 5.74) is 0.693. The number of hydrogen-bond acceptors (Lipinski definition) is 6. The van der Waals surface area contributed by atoms with E-state index in [1.807, 2.05) is 30.7 Å². The number of nitrogens with zero attached hydrogens (tertiary/aromatic N) is 3. The SMILES string of the molecule is C[C@H](Sc1nnc(C2CC2)n1C)C(=O)Nc1ccc2c(c1)OCCO2. The molecule has 4 rings (SSSR count). The third-order valence-electron chi connectivity index (χ3n) is 4.27. The van der Waals surface area contributed by atoms with E-state index in [0.29, 0.717) is 36.3 Å². The van der Waals surface area contributed by atoms with Gasteiger partial charge in [-0.15, -0.1) is 10.2 Å². The number of fused-ring (bicyclic) bond motifs is 1. The van der Waals surface area contributed by atoms with Gasteiger partial charge >= 0.3 is 0 Å². The monoisotopic (exact) mass is 360 g/mol. The molecule has 1 saturated carbocycles. The number of aromatic nitrogens is 3. The van der Waals surface area contributed by atoms with Crippen molar-refractivity contribution in [3.63, 3.8) is 0 Å². The van der Waals surface area contributed by atoms with Crippen LogP contribution in [0, 0.1) is 0 Å². The smallest absolute Gasteiger partial charge is 0.237 e. The Bertz CT molecular complexity index is 803. The van der Waals surface area contributed by atoms with Crippen LogP contribution in [0.4, 0.5) is 5.69 Å². The second-order valence-corrected chi connectivity index (χ2v) is 7.59. The van der Waals surface area contributed by atoms with Crippen molar-refractivity contribution in [1.29, 1.82) is 0 Å². The second-order valence-electron chi connectivity index (χ2n) is 6.28. The number of anilines is 1. The first kappa shape index (κ1) is 16.3. The van der Waals surface area contributed by atoms with Crippen molar-refractivity contribution in [2.24, 2.45) is 7.05 Å². The van der Waals surface area contributed by atoms with Gasteiger partial charge in [0.05, 0.1) is 5.25 Å². The number of benzene rings is 1. The number of carbonyl (C=O) groups excluding carboxylic acids is 1. The molecule has 2 aromatic rings. The first-order valence-electron chi connectivity index (χ1n) is 8.38. The number of carbonyl (C=O) groups is 1. The number of rotatable bonds is 5. The zero-order chi connectivity index (χ0) is 17.4. The van der Waals surface area contributed by atoms with Crippen molar-refractivity contribution < 1.29 is 14.3 Å². The zero-order valence-electron chi connectivity index (χ0n) is 14.2. The number of ether oxygens (including phenoxy) is 2. The van der Waals surface area contributed by atoms with E-state index in [0.717, 1.165) is 11.0 Å². The normalized spacial score (nSPS) is 17.2.